The Morgan fingerprint density at radius 3 is 2.70 bits per heavy atom. The molecule has 6 heteroatoms. The van der Waals surface area contributed by atoms with Crippen LogP contribution in [0.4, 0.5) is 0 Å². The Morgan fingerprint density at radius 1 is 1.35 bits per heavy atom. The van der Waals surface area contributed by atoms with Gasteiger partial charge in [0.1, 0.15) is 6.61 Å². The third-order valence-electron chi connectivity index (χ3n) is 3.87. The van der Waals surface area contributed by atoms with Gasteiger partial charge in [0, 0.05) is 13.1 Å². The standard InChI is InChI=1S/C17H23N3O3/c1-5-12(2)20(3)17(21)14-10-13(18-19-14)11-23-16-9-7-6-8-15(16)22-4/h6-10,12H,5,11H2,1-4H3,(H,18,19). The van der Waals surface area contributed by atoms with E-state index in [9.17, 15) is 4.79 Å². The van der Waals surface area contributed by atoms with Gasteiger partial charge in [-0.1, -0.05) is 19.1 Å². The maximum absolute atomic E-state index is 12.3. The van der Waals surface area contributed by atoms with Crippen molar-refractivity contribution in [1.29, 1.82) is 0 Å². The lowest BCUT2D eigenvalue weighted by molar-refractivity contribution is 0.0734. The van der Waals surface area contributed by atoms with Gasteiger partial charge in [-0.2, -0.15) is 5.10 Å². The van der Waals surface area contributed by atoms with Crippen LogP contribution in [0.15, 0.2) is 30.3 Å². The van der Waals surface area contributed by atoms with E-state index in [1.54, 1.807) is 25.1 Å². The maximum atomic E-state index is 12.3. The van der Waals surface area contributed by atoms with Gasteiger partial charge in [0.05, 0.1) is 12.8 Å². The minimum Gasteiger partial charge on any atom is -0.493 e. The summed E-state index contributed by atoms with van der Waals surface area (Å²) in [6.45, 7) is 4.34. The van der Waals surface area contributed by atoms with Gasteiger partial charge in [-0.25, -0.2) is 0 Å². The van der Waals surface area contributed by atoms with Crippen molar-refractivity contribution < 1.29 is 14.3 Å². The van der Waals surface area contributed by atoms with Gasteiger partial charge in [0.2, 0.25) is 0 Å². The van der Waals surface area contributed by atoms with E-state index in [2.05, 4.69) is 10.2 Å². The number of hydrogen-bond acceptors (Lipinski definition) is 4. The van der Waals surface area contributed by atoms with Crippen LogP contribution in [0.2, 0.25) is 0 Å². The lowest BCUT2D eigenvalue weighted by Gasteiger charge is -2.22. The Hall–Kier alpha value is -2.50. The monoisotopic (exact) mass is 317 g/mol. The summed E-state index contributed by atoms with van der Waals surface area (Å²) >= 11 is 0. The number of aromatic amines is 1. The minimum absolute atomic E-state index is 0.0980. The molecule has 23 heavy (non-hydrogen) atoms. The molecule has 0 aliphatic carbocycles. The van der Waals surface area contributed by atoms with Gasteiger partial charge >= 0.3 is 0 Å². The Labute approximate surface area is 136 Å². The van der Waals surface area contributed by atoms with Gasteiger partial charge in [-0.3, -0.25) is 9.89 Å². The van der Waals surface area contributed by atoms with Crippen LogP contribution in [0.25, 0.3) is 0 Å². The molecule has 2 aromatic rings. The van der Waals surface area contributed by atoms with E-state index in [1.165, 1.54) is 0 Å². The van der Waals surface area contributed by atoms with Crippen molar-refractivity contribution in [2.24, 2.45) is 0 Å². The average molecular weight is 317 g/mol. The molecule has 1 aromatic heterocycles. The van der Waals surface area contributed by atoms with Crippen LogP contribution in [0.1, 0.15) is 36.5 Å². The number of carbonyl (C=O) groups is 1. The number of rotatable bonds is 7. The van der Waals surface area contributed by atoms with E-state index in [0.717, 1.165) is 12.1 Å². The number of methoxy groups -OCH3 is 1. The maximum Gasteiger partial charge on any atom is 0.274 e. The molecule has 0 aliphatic heterocycles. The third-order valence-corrected chi connectivity index (χ3v) is 3.87. The Bertz CT molecular complexity index is 654. The molecule has 0 saturated heterocycles. The second-order valence-electron chi connectivity index (χ2n) is 5.39. The molecule has 0 spiro atoms. The lowest BCUT2D eigenvalue weighted by atomic mass is 10.2. The Morgan fingerprint density at radius 2 is 2.04 bits per heavy atom. The van der Waals surface area contributed by atoms with E-state index < -0.39 is 0 Å². The predicted octanol–water partition coefficient (Wildman–Crippen LogP) is 2.87. The topological polar surface area (TPSA) is 67.5 Å². The number of hydrogen-bond donors (Lipinski definition) is 1. The van der Waals surface area contributed by atoms with E-state index in [1.807, 2.05) is 38.1 Å². The zero-order valence-electron chi connectivity index (χ0n) is 14.0. The minimum atomic E-state index is -0.0980. The molecule has 1 heterocycles. The summed E-state index contributed by atoms with van der Waals surface area (Å²) in [6, 6.07) is 9.31. The molecule has 1 amide bonds. The van der Waals surface area contributed by atoms with Gasteiger partial charge in [-0.15, -0.1) is 0 Å². The number of carbonyl (C=O) groups excluding carboxylic acids is 1. The molecular weight excluding hydrogens is 294 g/mol. The van der Waals surface area contributed by atoms with Gasteiger partial charge in [-0.05, 0) is 31.5 Å². The summed E-state index contributed by atoms with van der Waals surface area (Å²) in [7, 11) is 3.39. The van der Waals surface area contributed by atoms with Crippen molar-refractivity contribution in [3.63, 3.8) is 0 Å². The zero-order chi connectivity index (χ0) is 16.8. The molecule has 0 saturated carbocycles. The number of aromatic nitrogens is 2. The van der Waals surface area contributed by atoms with Crippen LogP contribution in [0, 0.1) is 0 Å². The second kappa shape index (κ2) is 7.67. The number of ether oxygens (including phenoxy) is 2. The van der Waals surface area contributed by atoms with E-state index in [0.29, 0.717) is 17.2 Å². The highest BCUT2D eigenvalue weighted by molar-refractivity contribution is 5.92. The number of para-hydroxylation sites is 2. The molecule has 0 bridgehead atoms. The number of benzene rings is 1. The third kappa shape index (κ3) is 4.03. The second-order valence-corrected chi connectivity index (χ2v) is 5.39. The van der Waals surface area contributed by atoms with E-state index in [-0.39, 0.29) is 18.6 Å². The first-order valence-corrected chi connectivity index (χ1v) is 7.64. The number of amides is 1. The van der Waals surface area contributed by atoms with Gasteiger partial charge < -0.3 is 14.4 Å². The Balaban J connectivity index is 2.01. The van der Waals surface area contributed by atoms with Crippen molar-refractivity contribution in [2.45, 2.75) is 32.9 Å². The molecule has 124 valence electrons. The summed E-state index contributed by atoms with van der Waals surface area (Å²) in [6.07, 6.45) is 0.899. The van der Waals surface area contributed by atoms with Crippen LogP contribution < -0.4 is 9.47 Å². The van der Waals surface area contributed by atoms with Crippen LogP contribution in [-0.2, 0) is 6.61 Å². The molecule has 0 fully saturated rings. The molecule has 1 aromatic carbocycles. The number of H-pyrrole nitrogens is 1. The summed E-state index contributed by atoms with van der Waals surface area (Å²) in [4.78, 5) is 14.0. The van der Waals surface area contributed by atoms with Crippen LogP contribution in [-0.4, -0.2) is 41.2 Å². The molecule has 0 radical (unpaired) electrons. The fourth-order valence-corrected chi connectivity index (χ4v) is 2.09. The van der Waals surface area contributed by atoms with Gasteiger partial charge in [0.25, 0.3) is 5.91 Å². The highest BCUT2D eigenvalue weighted by Crippen LogP contribution is 2.26. The molecule has 2 rings (SSSR count). The summed E-state index contributed by atoms with van der Waals surface area (Å²) in [5, 5.41) is 6.92. The van der Waals surface area contributed by atoms with Crippen molar-refractivity contribution in [2.75, 3.05) is 14.2 Å². The highest BCUT2D eigenvalue weighted by atomic mass is 16.5. The first-order chi connectivity index (χ1) is 11.1. The first kappa shape index (κ1) is 16.9. The lowest BCUT2D eigenvalue weighted by Crippen LogP contribution is -2.34. The SMILES string of the molecule is CCC(C)N(C)C(=O)c1cc(COc2ccccc2OC)[nH]n1. The predicted molar refractivity (Wildman–Crippen MR) is 87.8 cm³/mol. The van der Waals surface area contributed by atoms with Crippen LogP contribution in [0.5, 0.6) is 11.5 Å². The van der Waals surface area contributed by atoms with Crippen molar-refractivity contribution in [3.05, 3.63) is 41.7 Å². The first-order valence-electron chi connectivity index (χ1n) is 7.64. The summed E-state index contributed by atoms with van der Waals surface area (Å²) < 4.78 is 11.0. The Kier molecular flexibility index (Phi) is 5.62. The van der Waals surface area contributed by atoms with Crippen LogP contribution in [0.3, 0.4) is 0 Å². The van der Waals surface area contributed by atoms with E-state index in [4.69, 9.17) is 9.47 Å². The zero-order valence-corrected chi connectivity index (χ0v) is 14.0. The quantitative estimate of drug-likeness (QED) is 0.852. The molecule has 1 atom stereocenters. The van der Waals surface area contributed by atoms with Gasteiger partial charge in [0.15, 0.2) is 17.2 Å². The molecule has 1 N–H and O–H groups in total. The molecule has 0 aliphatic rings. The average Bonchev–Trinajstić information content (AvgIpc) is 3.07. The normalized spacial score (nSPS) is 11.8. The fourth-order valence-electron chi connectivity index (χ4n) is 2.09. The van der Waals surface area contributed by atoms with Crippen molar-refractivity contribution in [3.8, 4) is 11.5 Å². The molecule has 1 unspecified atom stereocenters. The number of nitrogens with zero attached hydrogens (tertiary/aromatic N) is 2. The summed E-state index contributed by atoms with van der Waals surface area (Å²) in [5.74, 6) is 1.22. The molecule has 6 nitrogen and oxygen atoms in total. The molecular formula is C17H23N3O3. The van der Waals surface area contributed by atoms with Crippen molar-refractivity contribution >= 4 is 5.91 Å². The number of nitrogens with one attached hydrogen (secondary N) is 1. The van der Waals surface area contributed by atoms with Crippen molar-refractivity contribution in [1.82, 2.24) is 15.1 Å². The van der Waals surface area contributed by atoms with Crippen LogP contribution >= 0.6 is 0 Å². The van der Waals surface area contributed by atoms with E-state index >= 15 is 0 Å². The summed E-state index contributed by atoms with van der Waals surface area (Å²) in [5.41, 5.74) is 1.13. The smallest absolute Gasteiger partial charge is 0.274 e. The highest BCUT2D eigenvalue weighted by Gasteiger charge is 2.19. The fraction of sp³-hybridized carbons (Fsp3) is 0.412. The largest absolute Gasteiger partial charge is 0.493 e.